The topological polar surface area (TPSA) is 78.5 Å². The summed E-state index contributed by atoms with van der Waals surface area (Å²) < 4.78 is 23.2. The largest absolute Gasteiger partial charge is 0.356 e. The van der Waals surface area contributed by atoms with Crippen LogP contribution in [0.25, 0.3) is 0 Å². The lowest BCUT2D eigenvalue weighted by Gasteiger charge is -2.20. The number of rotatable bonds is 6. The van der Waals surface area contributed by atoms with E-state index in [2.05, 4.69) is 10.6 Å². The van der Waals surface area contributed by atoms with E-state index in [1.54, 1.807) is 62.6 Å². The average Bonchev–Trinajstić information content (AvgIpc) is 2.65. The van der Waals surface area contributed by atoms with Gasteiger partial charge >= 0.3 is 0 Å². The van der Waals surface area contributed by atoms with E-state index >= 15 is 0 Å². The highest BCUT2D eigenvalue weighted by atomic mass is 32.2. The van der Waals surface area contributed by atoms with Gasteiger partial charge in [-0.25, -0.2) is 8.42 Å². The highest BCUT2D eigenvalue weighted by Gasteiger charge is 2.13. The summed E-state index contributed by atoms with van der Waals surface area (Å²) in [4.78, 5) is 13.7. The van der Waals surface area contributed by atoms with Crippen LogP contribution in [-0.2, 0) is 9.84 Å². The van der Waals surface area contributed by atoms with Gasteiger partial charge in [-0.05, 0) is 60.6 Å². The van der Waals surface area contributed by atoms with Crippen molar-refractivity contribution in [3.8, 4) is 0 Å². The first-order valence-corrected chi connectivity index (χ1v) is 11.1. The Labute approximate surface area is 171 Å². The Balaban J connectivity index is 2.03. The van der Waals surface area contributed by atoms with E-state index in [0.717, 1.165) is 17.7 Å². The molecule has 0 heterocycles. The average molecular weight is 420 g/mol. The summed E-state index contributed by atoms with van der Waals surface area (Å²) in [6, 6.07) is 13.8. The fourth-order valence-electron chi connectivity index (χ4n) is 2.65. The third kappa shape index (κ3) is 5.77. The summed E-state index contributed by atoms with van der Waals surface area (Å²) in [7, 11) is 0.202. The van der Waals surface area contributed by atoms with E-state index in [1.165, 1.54) is 11.2 Å². The van der Waals surface area contributed by atoms with E-state index in [0.29, 0.717) is 15.6 Å². The predicted octanol–water partition coefficient (Wildman–Crippen LogP) is 3.23. The van der Waals surface area contributed by atoms with Crippen molar-refractivity contribution in [2.45, 2.75) is 24.3 Å². The van der Waals surface area contributed by atoms with E-state index < -0.39 is 9.84 Å². The number of benzene rings is 2. The zero-order chi connectivity index (χ0) is 20.9. The number of anilines is 1. The summed E-state index contributed by atoms with van der Waals surface area (Å²) in [6.07, 6.45) is 1.96. The molecule has 0 saturated carbocycles. The molecule has 0 aliphatic heterocycles. The van der Waals surface area contributed by atoms with Gasteiger partial charge in [-0.3, -0.25) is 4.79 Å². The minimum atomic E-state index is -3.22. The van der Waals surface area contributed by atoms with Crippen molar-refractivity contribution in [2.75, 3.05) is 25.7 Å². The van der Waals surface area contributed by atoms with Crippen molar-refractivity contribution in [1.29, 1.82) is 0 Å². The third-order valence-corrected chi connectivity index (χ3v) is 5.57. The lowest BCUT2D eigenvalue weighted by Crippen LogP contribution is -2.32. The Morgan fingerprint density at radius 2 is 1.64 bits per heavy atom. The van der Waals surface area contributed by atoms with Crippen molar-refractivity contribution in [3.63, 3.8) is 0 Å². The zero-order valence-electron chi connectivity index (χ0n) is 16.4. The molecule has 2 rings (SSSR count). The van der Waals surface area contributed by atoms with Gasteiger partial charge in [0, 0.05) is 31.6 Å². The maximum atomic E-state index is 11.9. The number of amides is 1. The monoisotopic (exact) mass is 419 g/mol. The number of hydrogen-bond acceptors (Lipinski definition) is 4. The maximum absolute atomic E-state index is 11.9. The van der Waals surface area contributed by atoms with Crippen LogP contribution in [0.1, 0.15) is 35.3 Å². The number of hydrogen-bond donors (Lipinski definition) is 2. The second-order valence-electron chi connectivity index (χ2n) is 6.68. The van der Waals surface area contributed by atoms with Gasteiger partial charge in [-0.15, -0.1) is 0 Å². The molecule has 0 aliphatic rings. The molecular weight excluding hydrogens is 394 g/mol. The van der Waals surface area contributed by atoms with Crippen LogP contribution in [0, 0.1) is 0 Å². The van der Waals surface area contributed by atoms with Crippen LogP contribution < -0.4 is 10.6 Å². The predicted molar refractivity (Wildman–Crippen MR) is 116 cm³/mol. The highest BCUT2D eigenvalue weighted by Crippen LogP contribution is 2.20. The molecule has 0 bridgehead atoms. The first-order valence-electron chi connectivity index (χ1n) is 8.81. The molecule has 2 aromatic rings. The molecule has 0 aromatic heterocycles. The molecule has 28 heavy (non-hydrogen) atoms. The number of nitrogens with one attached hydrogen (secondary N) is 2. The molecule has 0 spiro atoms. The van der Waals surface area contributed by atoms with Gasteiger partial charge in [0.1, 0.15) is 0 Å². The van der Waals surface area contributed by atoms with Gasteiger partial charge in [0.15, 0.2) is 14.9 Å². The van der Waals surface area contributed by atoms with Crippen molar-refractivity contribution in [3.05, 3.63) is 59.7 Å². The van der Waals surface area contributed by atoms with Crippen LogP contribution in [0.3, 0.4) is 0 Å². The van der Waals surface area contributed by atoms with Crippen LogP contribution in [0.2, 0.25) is 0 Å². The molecule has 2 N–H and O–H groups in total. The Bertz CT molecular complexity index is 938. The van der Waals surface area contributed by atoms with Crippen LogP contribution in [0.15, 0.2) is 53.4 Å². The van der Waals surface area contributed by atoms with Gasteiger partial charge in [0.2, 0.25) is 0 Å². The number of sulfone groups is 1. The molecule has 8 heteroatoms. The molecular formula is C20H25N3O3S2. The van der Waals surface area contributed by atoms with Crippen LogP contribution in [-0.4, -0.2) is 44.7 Å². The number of nitrogens with zero attached hydrogens (tertiary/aromatic N) is 1. The number of carbonyl (C=O) groups is 1. The second-order valence-corrected chi connectivity index (χ2v) is 9.10. The molecule has 150 valence electrons. The quantitative estimate of drug-likeness (QED) is 0.700. The van der Waals surface area contributed by atoms with E-state index in [4.69, 9.17) is 12.2 Å². The lowest BCUT2D eigenvalue weighted by molar-refractivity contribution is 0.0827. The first-order chi connectivity index (χ1) is 13.1. The van der Waals surface area contributed by atoms with E-state index in [9.17, 15) is 13.2 Å². The Hall–Kier alpha value is -2.45. The van der Waals surface area contributed by atoms with Crippen LogP contribution in [0.4, 0.5) is 5.69 Å². The van der Waals surface area contributed by atoms with Crippen molar-refractivity contribution < 1.29 is 13.2 Å². The van der Waals surface area contributed by atoms with E-state index in [1.807, 2.05) is 6.92 Å². The van der Waals surface area contributed by atoms with Crippen molar-refractivity contribution in [2.24, 2.45) is 0 Å². The van der Waals surface area contributed by atoms with Crippen molar-refractivity contribution >= 4 is 38.8 Å². The maximum Gasteiger partial charge on any atom is 0.253 e. The SMILES string of the molecule is CC[C@@H](NC(=S)Nc1ccc(C(=O)N(C)C)cc1)c1ccc(S(C)(=O)=O)cc1. The summed E-state index contributed by atoms with van der Waals surface area (Å²) in [6.45, 7) is 2.02. The van der Waals surface area contributed by atoms with Gasteiger partial charge in [-0.1, -0.05) is 19.1 Å². The fraction of sp³-hybridized carbons (Fsp3) is 0.300. The third-order valence-electron chi connectivity index (χ3n) is 4.22. The van der Waals surface area contributed by atoms with Gasteiger partial charge in [0.05, 0.1) is 10.9 Å². The molecule has 0 fully saturated rings. The number of thiocarbonyl (C=S) groups is 1. The molecule has 1 amide bonds. The molecule has 0 saturated heterocycles. The van der Waals surface area contributed by atoms with Gasteiger partial charge in [0.25, 0.3) is 5.91 Å². The van der Waals surface area contributed by atoms with Crippen molar-refractivity contribution in [1.82, 2.24) is 10.2 Å². The summed E-state index contributed by atoms with van der Waals surface area (Å²) >= 11 is 5.40. The summed E-state index contributed by atoms with van der Waals surface area (Å²) in [5.41, 5.74) is 2.33. The van der Waals surface area contributed by atoms with Crippen LogP contribution >= 0.6 is 12.2 Å². The molecule has 1 atom stereocenters. The lowest BCUT2D eigenvalue weighted by atomic mass is 10.1. The minimum absolute atomic E-state index is 0.0526. The highest BCUT2D eigenvalue weighted by molar-refractivity contribution is 7.90. The fourth-order valence-corrected chi connectivity index (χ4v) is 3.54. The Morgan fingerprint density at radius 1 is 1.07 bits per heavy atom. The number of carbonyl (C=O) groups excluding carboxylic acids is 1. The standard InChI is InChI=1S/C20H25N3O3S2/c1-5-18(14-8-12-17(13-9-14)28(4,25)26)22-20(27)21-16-10-6-15(7-11-16)19(24)23(2)3/h6-13,18H,5H2,1-4H3,(H2,21,22,27)/t18-/m1/s1. The van der Waals surface area contributed by atoms with Gasteiger partial charge < -0.3 is 15.5 Å². The van der Waals surface area contributed by atoms with Gasteiger partial charge in [-0.2, -0.15) is 0 Å². The zero-order valence-corrected chi connectivity index (χ0v) is 18.0. The molecule has 2 aromatic carbocycles. The smallest absolute Gasteiger partial charge is 0.253 e. The molecule has 0 unspecified atom stereocenters. The Kier molecular flexibility index (Phi) is 7.15. The summed E-state index contributed by atoms with van der Waals surface area (Å²) in [5, 5.41) is 6.80. The minimum Gasteiger partial charge on any atom is -0.356 e. The van der Waals surface area contributed by atoms with Crippen LogP contribution in [0.5, 0.6) is 0 Å². The normalized spacial score (nSPS) is 12.1. The Morgan fingerprint density at radius 3 is 2.11 bits per heavy atom. The molecule has 6 nitrogen and oxygen atoms in total. The molecule has 0 aliphatic carbocycles. The van der Waals surface area contributed by atoms with E-state index in [-0.39, 0.29) is 11.9 Å². The second kappa shape index (κ2) is 9.16. The summed E-state index contributed by atoms with van der Waals surface area (Å²) in [5.74, 6) is -0.0594. The first kappa shape index (κ1) is 21.8. The molecule has 0 radical (unpaired) electrons.